The summed E-state index contributed by atoms with van der Waals surface area (Å²) in [5, 5.41) is 9.26. The largest absolute Gasteiger partial charge is 0.354 e. The molecule has 1 fully saturated rings. The molecule has 0 aromatic heterocycles. The average Bonchev–Trinajstić information content (AvgIpc) is 3.35. The van der Waals surface area contributed by atoms with E-state index in [0.717, 1.165) is 25.8 Å². The fraction of sp³-hybridized carbons (Fsp3) is 0.931. The van der Waals surface area contributed by atoms with E-state index >= 15 is 0 Å². The number of rotatable bonds is 22. The topological polar surface area (TPSA) is 70.2 Å². The number of nitrogens with one attached hydrogen (secondary N) is 3. The van der Waals surface area contributed by atoms with Crippen LogP contribution in [0.2, 0.25) is 0 Å². The van der Waals surface area contributed by atoms with Gasteiger partial charge in [-0.25, -0.2) is 0 Å². The molecular formula is C29H57N3O2. The van der Waals surface area contributed by atoms with Crippen molar-refractivity contribution in [3.8, 4) is 0 Å². The lowest BCUT2D eigenvalue weighted by atomic mass is 10.0. The van der Waals surface area contributed by atoms with Crippen LogP contribution in [0.3, 0.4) is 0 Å². The molecule has 0 saturated carbocycles. The first-order valence-corrected chi connectivity index (χ1v) is 14.9. The summed E-state index contributed by atoms with van der Waals surface area (Å²) in [7, 11) is 0. The Labute approximate surface area is 211 Å². The van der Waals surface area contributed by atoms with E-state index in [1.54, 1.807) is 0 Å². The highest BCUT2D eigenvalue weighted by atomic mass is 16.2. The summed E-state index contributed by atoms with van der Waals surface area (Å²) < 4.78 is 0. The minimum atomic E-state index is -0.420. The quantitative estimate of drug-likeness (QED) is 0.152. The summed E-state index contributed by atoms with van der Waals surface area (Å²) in [5.41, 5.74) is 0. The van der Waals surface area contributed by atoms with E-state index < -0.39 is 6.04 Å². The van der Waals surface area contributed by atoms with Crippen molar-refractivity contribution in [3.05, 3.63) is 0 Å². The molecule has 1 heterocycles. The summed E-state index contributed by atoms with van der Waals surface area (Å²) in [6, 6.07) is -0.557. The van der Waals surface area contributed by atoms with E-state index in [1.165, 1.54) is 96.3 Å². The molecule has 1 aliphatic rings. The normalized spacial score (nSPS) is 16.6. The highest BCUT2D eigenvalue weighted by Crippen LogP contribution is 2.14. The molecule has 0 radical (unpaired) electrons. The molecule has 200 valence electrons. The predicted molar refractivity (Wildman–Crippen MR) is 145 cm³/mol. The van der Waals surface area contributed by atoms with Crippen molar-refractivity contribution < 1.29 is 9.59 Å². The van der Waals surface area contributed by atoms with E-state index in [0.29, 0.717) is 18.9 Å². The molecule has 0 aromatic rings. The summed E-state index contributed by atoms with van der Waals surface area (Å²) in [5.74, 6) is 0.310. The third-order valence-electron chi connectivity index (χ3n) is 7.05. The van der Waals surface area contributed by atoms with Gasteiger partial charge in [0, 0.05) is 6.54 Å². The molecule has 0 bridgehead atoms. The smallest absolute Gasteiger partial charge is 0.242 e. The summed E-state index contributed by atoms with van der Waals surface area (Å²) in [6.07, 6.45) is 24.2. The number of hydrogen-bond donors (Lipinski definition) is 3. The van der Waals surface area contributed by atoms with Gasteiger partial charge in [-0.1, -0.05) is 117 Å². The molecule has 0 aliphatic carbocycles. The minimum Gasteiger partial charge on any atom is -0.354 e. The molecule has 1 rings (SSSR count). The number of hydrogen-bond acceptors (Lipinski definition) is 3. The lowest BCUT2D eigenvalue weighted by Crippen LogP contribution is -2.52. The zero-order chi connectivity index (χ0) is 24.9. The van der Waals surface area contributed by atoms with Crippen LogP contribution in [0.15, 0.2) is 0 Å². The lowest BCUT2D eigenvalue weighted by Gasteiger charge is -2.22. The maximum absolute atomic E-state index is 12.6. The first kappa shape index (κ1) is 30.9. The van der Waals surface area contributed by atoms with Gasteiger partial charge >= 0.3 is 0 Å². The van der Waals surface area contributed by atoms with E-state index in [4.69, 9.17) is 0 Å². The van der Waals surface area contributed by atoms with Gasteiger partial charge in [0.2, 0.25) is 11.8 Å². The fourth-order valence-corrected chi connectivity index (χ4v) is 4.89. The third-order valence-corrected chi connectivity index (χ3v) is 7.05. The average molecular weight is 480 g/mol. The number of amides is 2. The van der Waals surface area contributed by atoms with Gasteiger partial charge in [0.15, 0.2) is 0 Å². The van der Waals surface area contributed by atoms with Crippen LogP contribution in [0.5, 0.6) is 0 Å². The summed E-state index contributed by atoms with van der Waals surface area (Å²) in [6.45, 7) is 8.07. The molecule has 1 saturated heterocycles. The predicted octanol–water partition coefficient (Wildman–Crippen LogP) is 6.65. The highest BCUT2D eigenvalue weighted by molar-refractivity contribution is 5.89. The second-order valence-electron chi connectivity index (χ2n) is 10.9. The Bertz CT molecular complexity index is 504. The van der Waals surface area contributed by atoms with Crippen LogP contribution in [0.25, 0.3) is 0 Å². The van der Waals surface area contributed by atoms with Gasteiger partial charge in [-0.15, -0.1) is 0 Å². The van der Waals surface area contributed by atoms with Crippen LogP contribution in [0, 0.1) is 5.92 Å². The van der Waals surface area contributed by atoms with Crippen molar-refractivity contribution in [2.75, 3.05) is 13.1 Å². The van der Waals surface area contributed by atoms with E-state index in [-0.39, 0.29) is 17.9 Å². The molecule has 0 unspecified atom stereocenters. The Morgan fingerprint density at radius 1 is 0.794 bits per heavy atom. The molecule has 2 amide bonds. The maximum atomic E-state index is 12.6. The standard InChI is InChI=1S/C29H57N3O2/c1-4-5-6-7-8-9-10-11-12-13-14-15-16-17-18-19-22-31-28(33)27(24-25(2)3)32-29(34)26-21-20-23-30-26/h25-27,30H,4-24H2,1-3H3,(H,31,33)(H,32,34)/t26-,27-/m0/s1. The summed E-state index contributed by atoms with van der Waals surface area (Å²) in [4.78, 5) is 25.1. The first-order valence-electron chi connectivity index (χ1n) is 14.9. The zero-order valence-corrected chi connectivity index (χ0v) is 22.9. The zero-order valence-electron chi connectivity index (χ0n) is 22.9. The van der Waals surface area contributed by atoms with E-state index in [9.17, 15) is 9.59 Å². The van der Waals surface area contributed by atoms with E-state index in [2.05, 4.69) is 36.7 Å². The first-order chi connectivity index (χ1) is 16.5. The van der Waals surface area contributed by atoms with Crippen molar-refractivity contribution in [2.45, 2.75) is 155 Å². The lowest BCUT2D eigenvalue weighted by molar-refractivity contribution is -0.130. The van der Waals surface area contributed by atoms with Gasteiger partial charge in [-0.2, -0.15) is 0 Å². The molecule has 0 aromatic carbocycles. The Balaban J connectivity index is 1.96. The third kappa shape index (κ3) is 16.5. The van der Waals surface area contributed by atoms with Gasteiger partial charge in [-0.3, -0.25) is 9.59 Å². The van der Waals surface area contributed by atoms with Crippen LogP contribution in [0.1, 0.15) is 143 Å². The second kappa shape index (κ2) is 21.2. The molecule has 3 N–H and O–H groups in total. The second-order valence-corrected chi connectivity index (χ2v) is 10.9. The van der Waals surface area contributed by atoms with Gasteiger partial charge in [0.05, 0.1) is 6.04 Å². The van der Waals surface area contributed by atoms with Gasteiger partial charge in [0.1, 0.15) is 6.04 Å². The molecule has 0 spiro atoms. The molecule has 5 heteroatoms. The van der Waals surface area contributed by atoms with Gasteiger partial charge in [-0.05, 0) is 38.1 Å². The van der Waals surface area contributed by atoms with Crippen molar-refractivity contribution in [1.29, 1.82) is 0 Å². The van der Waals surface area contributed by atoms with Gasteiger partial charge in [0.25, 0.3) is 0 Å². The molecule has 2 atom stereocenters. The van der Waals surface area contributed by atoms with Crippen LogP contribution in [0.4, 0.5) is 0 Å². The monoisotopic (exact) mass is 479 g/mol. The van der Waals surface area contributed by atoms with Crippen molar-refractivity contribution in [1.82, 2.24) is 16.0 Å². The Morgan fingerprint density at radius 3 is 1.74 bits per heavy atom. The number of carbonyl (C=O) groups excluding carboxylic acids is 2. The van der Waals surface area contributed by atoms with Crippen molar-refractivity contribution in [2.24, 2.45) is 5.92 Å². The SMILES string of the molecule is CCCCCCCCCCCCCCCCCCNC(=O)[C@H](CC(C)C)NC(=O)[C@@H]1CCCN1. The van der Waals surface area contributed by atoms with Gasteiger partial charge < -0.3 is 16.0 Å². The Hall–Kier alpha value is -1.10. The van der Waals surface area contributed by atoms with Crippen LogP contribution in [-0.2, 0) is 9.59 Å². The Kier molecular flexibility index (Phi) is 19.3. The van der Waals surface area contributed by atoms with Crippen LogP contribution in [-0.4, -0.2) is 37.0 Å². The van der Waals surface area contributed by atoms with Crippen molar-refractivity contribution in [3.63, 3.8) is 0 Å². The van der Waals surface area contributed by atoms with Crippen LogP contribution >= 0.6 is 0 Å². The molecule has 1 aliphatic heterocycles. The minimum absolute atomic E-state index is 0.0268. The molecule has 34 heavy (non-hydrogen) atoms. The van der Waals surface area contributed by atoms with E-state index in [1.807, 2.05) is 0 Å². The summed E-state index contributed by atoms with van der Waals surface area (Å²) >= 11 is 0. The van der Waals surface area contributed by atoms with Crippen LogP contribution < -0.4 is 16.0 Å². The maximum Gasteiger partial charge on any atom is 0.242 e. The highest BCUT2D eigenvalue weighted by Gasteiger charge is 2.27. The number of carbonyl (C=O) groups is 2. The fourth-order valence-electron chi connectivity index (χ4n) is 4.89. The molecule has 5 nitrogen and oxygen atoms in total. The van der Waals surface area contributed by atoms with Crippen molar-refractivity contribution >= 4 is 11.8 Å². The Morgan fingerprint density at radius 2 is 1.29 bits per heavy atom. The molecular weight excluding hydrogens is 422 g/mol. The number of unbranched alkanes of at least 4 members (excludes halogenated alkanes) is 15.